The summed E-state index contributed by atoms with van der Waals surface area (Å²) in [5, 5.41) is 10.7. The van der Waals surface area contributed by atoms with Crippen molar-refractivity contribution in [1.29, 1.82) is 0 Å². The summed E-state index contributed by atoms with van der Waals surface area (Å²) in [7, 11) is 0. The number of hydrogen-bond acceptors (Lipinski definition) is 2. The van der Waals surface area contributed by atoms with E-state index in [0.717, 1.165) is 4.70 Å². The maximum Gasteiger partial charge on any atom is 0.117 e. The first-order valence-corrected chi connectivity index (χ1v) is 6.76. The second-order valence-electron chi connectivity index (χ2n) is 4.60. The number of phenols is 1. The molecule has 18 heavy (non-hydrogen) atoms. The van der Waals surface area contributed by atoms with Crippen LogP contribution in [0.2, 0.25) is 0 Å². The van der Waals surface area contributed by atoms with Crippen LogP contribution in [0.4, 0.5) is 0 Å². The van der Waals surface area contributed by atoms with E-state index in [1.54, 1.807) is 17.4 Å². The Morgan fingerprint density at radius 2 is 1.67 bits per heavy atom. The maximum atomic E-state index is 9.53. The quantitative estimate of drug-likeness (QED) is 0.655. The normalized spacial score (nSPS) is 11.0. The topological polar surface area (TPSA) is 20.2 Å². The van der Waals surface area contributed by atoms with Crippen LogP contribution in [-0.2, 0) is 0 Å². The van der Waals surface area contributed by atoms with Gasteiger partial charge in [-0.1, -0.05) is 18.2 Å². The summed E-state index contributed by atoms with van der Waals surface area (Å²) in [6.45, 7) is 4.29. The largest absolute Gasteiger partial charge is 0.508 e. The van der Waals surface area contributed by atoms with Gasteiger partial charge in [0.2, 0.25) is 0 Å². The number of aryl methyl sites for hydroxylation is 2. The van der Waals surface area contributed by atoms with Gasteiger partial charge in [-0.3, -0.25) is 0 Å². The van der Waals surface area contributed by atoms with Crippen LogP contribution in [-0.4, -0.2) is 5.11 Å². The fraction of sp³-hybridized carbons (Fsp3) is 0.125. The van der Waals surface area contributed by atoms with E-state index >= 15 is 0 Å². The van der Waals surface area contributed by atoms with Crippen LogP contribution in [0.3, 0.4) is 0 Å². The van der Waals surface area contributed by atoms with E-state index in [1.807, 2.05) is 12.1 Å². The molecule has 1 N–H and O–H groups in total. The van der Waals surface area contributed by atoms with Gasteiger partial charge in [-0.2, -0.15) is 0 Å². The van der Waals surface area contributed by atoms with Crippen molar-refractivity contribution in [3.8, 4) is 16.2 Å². The second kappa shape index (κ2) is 4.14. The van der Waals surface area contributed by atoms with E-state index < -0.39 is 0 Å². The molecule has 0 radical (unpaired) electrons. The van der Waals surface area contributed by atoms with Crippen LogP contribution in [0.5, 0.6) is 5.75 Å². The molecule has 3 rings (SSSR count). The average molecular weight is 254 g/mol. The number of phenolic OH excluding ortho intramolecular Hbond substituents is 1. The Morgan fingerprint density at radius 1 is 0.944 bits per heavy atom. The summed E-state index contributed by atoms with van der Waals surface area (Å²) in [6, 6.07) is 14.1. The first-order chi connectivity index (χ1) is 8.65. The fourth-order valence-corrected chi connectivity index (χ4v) is 3.62. The molecule has 0 saturated carbocycles. The van der Waals surface area contributed by atoms with Gasteiger partial charge in [0, 0.05) is 9.58 Å². The number of hydrogen-bond donors (Lipinski definition) is 1. The molecule has 90 valence electrons. The zero-order chi connectivity index (χ0) is 12.7. The van der Waals surface area contributed by atoms with Gasteiger partial charge in [0.1, 0.15) is 5.75 Å². The zero-order valence-corrected chi connectivity index (χ0v) is 11.2. The van der Waals surface area contributed by atoms with Gasteiger partial charge in [0.15, 0.2) is 0 Å². The highest BCUT2D eigenvalue weighted by atomic mass is 32.1. The second-order valence-corrected chi connectivity index (χ2v) is 5.68. The molecule has 0 unspecified atom stereocenters. The van der Waals surface area contributed by atoms with Crippen molar-refractivity contribution in [1.82, 2.24) is 0 Å². The van der Waals surface area contributed by atoms with E-state index in [-0.39, 0.29) is 0 Å². The lowest BCUT2D eigenvalue weighted by Gasteiger charge is -2.06. The third-order valence-corrected chi connectivity index (χ3v) is 4.35. The molecular weight excluding hydrogens is 240 g/mol. The van der Waals surface area contributed by atoms with E-state index in [0.29, 0.717) is 5.75 Å². The standard InChI is InChI=1S/C16H14OS/c1-10-4-3-5-11(2)16(10)15-8-12-6-7-13(17)9-14(12)18-15/h3-9,17H,1-2H3. The van der Waals surface area contributed by atoms with Gasteiger partial charge >= 0.3 is 0 Å². The molecule has 0 bridgehead atoms. The zero-order valence-electron chi connectivity index (χ0n) is 10.4. The fourth-order valence-electron chi connectivity index (χ4n) is 2.35. The van der Waals surface area contributed by atoms with Gasteiger partial charge in [-0.15, -0.1) is 11.3 Å². The first kappa shape index (κ1) is 11.3. The smallest absolute Gasteiger partial charge is 0.117 e. The van der Waals surface area contributed by atoms with Crippen molar-refractivity contribution in [2.45, 2.75) is 13.8 Å². The SMILES string of the molecule is Cc1cccc(C)c1-c1cc2ccc(O)cc2s1. The molecular formula is C16H14OS. The van der Waals surface area contributed by atoms with Crippen molar-refractivity contribution in [3.05, 3.63) is 53.6 Å². The molecule has 0 atom stereocenters. The van der Waals surface area contributed by atoms with Crippen molar-refractivity contribution in [3.63, 3.8) is 0 Å². The van der Waals surface area contributed by atoms with Crippen LogP contribution in [0.15, 0.2) is 42.5 Å². The van der Waals surface area contributed by atoms with Gasteiger partial charge in [-0.25, -0.2) is 0 Å². The Bertz CT molecular complexity index is 705. The molecule has 1 nitrogen and oxygen atoms in total. The molecule has 3 aromatic rings. The Kier molecular flexibility index (Phi) is 2.60. The first-order valence-electron chi connectivity index (χ1n) is 5.94. The Balaban J connectivity index is 2.26. The lowest BCUT2D eigenvalue weighted by molar-refractivity contribution is 0.476. The van der Waals surface area contributed by atoms with Gasteiger partial charge in [0.25, 0.3) is 0 Å². The van der Waals surface area contributed by atoms with Crippen molar-refractivity contribution in [2.24, 2.45) is 0 Å². The van der Waals surface area contributed by atoms with Crippen LogP contribution < -0.4 is 0 Å². The highest BCUT2D eigenvalue weighted by molar-refractivity contribution is 7.22. The van der Waals surface area contributed by atoms with E-state index in [1.165, 1.54) is 27.0 Å². The van der Waals surface area contributed by atoms with Crippen LogP contribution in [0.1, 0.15) is 11.1 Å². The number of rotatable bonds is 1. The number of aromatic hydroxyl groups is 1. The minimum atomic E-state index is 0.331. The van der Waals surface area contributed by atoms with Gasteiger partial charge < -0.3 is 5.11 Å². The molecule has 0 fully saturated rings. The third-order valence-electron chi connectivity index (χ3n) is 3.23. The predicted molar refractivity (Wildman–Crippen MR) is 78.4 cm³/mol. The number of benzene rings is 2. The molecule has 2 aromatic carbocycles. The van der Waals surface area contributed by atoms with Gasteiger partial charge in [0.05, 0.1) is 0 Å². The number of thiophene rings is 1. The minimum absolute atomic E-state index is 0.331. The molecule has 0 spiro atoms. The van der Waals surface area contributed by atoms with Crippen LogP contribution >= 0.6 is 11.3 Å². The summed E-state index contributed by atoms with van der Waals surface area (Å²) in [5.41, 5.74) is 3.91. The minimum Gasteiger partial charge on any atom is -0.508 e. The summed E-state index contributed by atoms with van der Waals surface area (Å²) >= 11 is 1.73. The van der Waals surface area contributed by atoms with Crippen LogP contribution in [0.25, 0.3) is 20.5 Å². The van der Waals surface area contributed by atoms with E-state index in [9.17, 15) is 5.11 Å². The average Bonchev–Trinajstić information content (AvgIpc) is 2.71. The maximum absolute atomic E-state index is 9.53. The Hall–Kier alpha value is -1.80. The lowest BCUT2D eigenvalue weighted by Crippen LogP contribution is -1.84. The third kappa shape index (κ3) is 1.79. The molecule has 0 aliphatic carbocycles. The van der Waals surface area contributed by atoms with Crippen LogP contribution in [0, 0.1) is 13.8 Å². The molecule has 0 saturated heterocycles. The molecule has 0 aliphatic rings. The molecule has 1 aromatic heterocycles. The molecule has 2 heteroatoms. The Morgan fingerprint density at radius 3 is 2.39 bits per heavy atom. The predicted octanol–water partition coefficient (Wildman–Crippen LogP) is 4.89. The van der Waals surface area contributed by atoms with Crippen molar-refractivity contribution in [2.75, 3.05) is 0 Å². The summed E-state index contributed by atoms with van der Waals surface area (Å²) in [6.07, 6.45) is 0. The highest BCUT2D eigenvalue weighted by Gasteiger charge is 2.09. The van der Waals surface area contributed by atoms with Gasteiger partial charge in [-0.05, 0) is 60.2 Å². The summed E-state index contributed by atoms with van der Waals surface area (Å²) < 4.78 is 1.13. The molecule has 1 heterocycles. The van der Waals surface area contributed by atoms with Crippen molar-refractivity contribution >= 4 is 21.4 Å². The highest BCUT2D eigenvalue weighted by Crippen LogP contribution is 2.37. The van der Waals surface area contributed by atoms with Crippen molar-refractivity contribution < 1.29 is 5.11 Å². The number of fused-ring (bicyclic) bond motifs is 1. The van der Waals surface area contributed by atoms with E-state index in [4.69, 9.17) is 0 Å². The molecule has 0 aliphatic heterocycles. The monoisotopic (exact) mass is 254 g/mol. The lowest BCUT2D eigenvalue weighted by atomic mass is 10.0. The summed E-state index contributed by atoms with van der Waals surface area (Å²) in [4.78, 5) is 1.27. The van der Waals surface area contributed by atoms with E-state index in [2.05, 4.69) is 38.1 Å². The summed E-state index contributed by atoms with van der Waals surface area (Å²) in [5.74, 6) is 0.331. The molecule has 0 amide bonds. The Labute approximate surface area is 110 Å².